The maximum Gasteiger partial charge on any atom is 0.424 e. The monoisotopic (exact) mass is 221 g/mol. The van der Waals surface area contributed by atoms with Crippen molar-refractivity contribution in [1.29, 1.82) is 0 Å². The number of carbonyl (C=O) groups is 1. The minimum Gasteiger partial charge on any atom is -0.376 e. The van der Waals surface area contributed by atoms with Gasteiger partial charge >= 0.3 is 6.11 Å². The third-order valence-electron chi connectivity index (χ3n) is 1.25. The number of hydrogen-bond donors (Lipinski definition) is 1. The van der Waals surface area contributed by atoms with Gasteiger partial charge in [-0.05, 0) is 0 Å². The number of carbonyl (C=O) groups excluding carboxylic acids is 1. The van der Waals surface area contributed by atoms with E-state index in [1.165, 1.54) is 11.8 Å². The third kappa shape index (κ3) is 5.99. The topological polar surface area (TPSA) is 61.6 Å². The minimum atomic E-state index is -3.64. The molecule has 6 heteroatoms. The fourth-order valence-corrected chi connectivity index (χ4v) is 0.655. The number of ether oxygens (including phenoxy) is 2. The van der Waals surface area contributed by atoms with Gasteiger partial charge in [0.1, 0.15) is 6.10 Å². The van der Waals surface area contributed by atoms with Crippen LogP contribution in [0.4, 0.5) is 8.78 Å². The van der Waals surface area contributed by atoms with Crippen LogP contribution >= 0.6 is 0 Å². The van der Waals surface area contributed by atoms with Gasteiger partial charge in [-0.15, -0.1) is 0 Å². The number of halogens is 2. The van der Waals surface area contributed by atoms with Gasteiger partial charge < -0.3 is 15.2 Å². The molecule has 0 aromatic rings. The molecule has 0 spiro atoms. The quantitative estimate of drug-likeness (QED) is 0.691. The Bertz CT molecular complexity index is 266. The SMILES string of the molecule is CC.NC(=O)C#CC(F)(F)OC1COC1. The molecule has 0 aromatic heterocycles. The zero-order valence-corrected chi connectivity index (χ0v) is 8.55. The van der Waals surface area contributed by atoms with Gasteiger partial charge in [0.15, 0.2) is 0 Å². The highest BCUT2D eigenvalue weighted by molar-refractivity contribution is 5.92. The zero-order chi connectivity index (χ0) is 11.9. The molecule has 0 aromatic carbocycles. The number of rotatable bonds is 2. The zero-order valence-electron chi connectivity index (χ0n) is 8.55. The maximum absolute atomic E-state index is 12.6. The first-order chi connectivity index (χ1) is 6.99. The van der Waals surface area contributed by atoms with Crippen LogP contribution in [-0.4, -0.2) is 31.3 Å². The lowest BCUT2D eigenvalue weighted by molar-refractivity contribution is -0.268. The van der Waals surface area contributed by atoms with E-state index < -0.39 is 18.1 Å². The Morgan fingerprint density at radius 2 is 2.07 bits per heavy atom. The Morgan fingerprint density at radius 3 is 2.40 bits per heavy atom. The molecule has 0 aliphatic carbocycles. The highest BCUT2D eigenvalue weighted by Gasteiger charge is 2.34. The summed E-state index contributed by atoms with van der Waals surface area (Å²) in [4.78, 5) is 10.1. The van der Waals surface area contributed by atoms with Gasteiger partial charge in [0.05, 0.1) is 13.2 Å². The standard InChI is InChI=1S/C7H7F2NO3.C2H6/c8-7(9,2-1-6(10)11)13-5-3-12-4-5;1-2/h5H,3-4H2,(H2,10,11);1-2H3. The van der Waals surface area contributed by atoms with Crippen molar-refractivity contribution in [1.82, 2.24) is 0 Å². The second-order valence-corrected chi connectivity index (χ2v) is 2.41. The largest absolute Gasteiger partial charge is 0.424 e. The molecule has 2 N–H and O–H groups in total. The van der Waals surface area contributed by atoms with E-state index in [0.717, 1.165) is 0 Å². The lowest BCUT2D eigenvalue weighted by Gasteiger charge is -2.27. The molecular formula is C9H13F2NO3. The van der Waals surface area contributed by atoms with Crippen molar-refractivity contribution < 1.29 is 23.0 Å². The molecule has 1 heterocycles. The Balaban J connectivity index is 0.000000921. The van der Waals surface area contributed by atoms with Gasteiger partial charge in [0.25, 0.3) is 5.91 Å². The molecule has 0 bridgehead atoms. The number of nitrogens with two attached hydrogens (primary N) is 1. The van der Waals surface area contributed by atoms with Crippen LogP contribution in [0, 0.1) is 11.8 Å². The summed E-state index contributed by atoms with van der Waals surface area (Å²) in [6.45, 7) is 4.24. The molecule has 1 aliphatic heterocycles. The fraction of sp³-hybridized carbons (Fsp3) is 0.667. The number of amides is 1. The van der Waals surface area contributed by atoms with E-state index in [2.05, 4.69) is 15.2 Å². The maximum atomic E-state index is 12.6. The number of primary amides is 1. The van der Waals surface area contributed by atoms with Gasteiger partial charge in [-0.3, -0.25) is 4.79 Å². The molecule has 1 fully saturated rings. The minimum absolute atomic E-state index is 0.119. The summed E-state index contributed by atoms with van der Waals surface area (Å²) in [5.74, 6) is 1.72. The van der Waals surface area contributed by atoms with E-state index in [1.807, 2.05) is 13.8 Å². The summed E-state index contributed by atoms with van der Waals surface area (Å²) in [7, 11) is 0. The van der Waals surface area contributed by atoms with Crippen LogP contribution in [0.15, 0.2) is 0 Å². The van der Waals surface area contributed by atoms with E-state index in [0.29, 0.717) is 0 Å². The Morgan fingerprint density at radius 1 is 1.53 bits per heavy atom. The lowest BCUT2D eigenvalue weighted by atomic mass is 10.3. The highest BCUT2D eigenvalue weighted by Crippen LogP contribution is 2.19. The van der Waals surface area contributed by atoms with E-state index >= 15 is 0 Å². The van der Waals surface area contributed by atoms with Crippen molar-refractivity contribution in [2.45, 2.75) is 26.1 Å². The summed E-state index contributed by atoms with van der Waals surface area (Å²) < 4.78 is 34.0. The van der Waals surface area contributed by atoms with Gasteiger partial charge in [0, 0.05) is 11.8 Å². The average Bonchev–Trinajstić information content (AvgIpc) is 2.12. The van der Waals surface area contributed by atoms with Crippen LogP contribution in [0.5, 0.6) is 0 Å². The molecule has 1 amide bonds. The van der Waals surface area contributed by atoms with Crippen molar-refractivity contribution in [3.05, 3.63) is 0 Å². The molecule has 1 saturated heterocycles. The molecule has 15 heavy (non-hydrogen) atoms. The second-order valence-electron chi connectivity index (χ2n) is 2.41. The van der Waals surface area contributed by atoms with Crippen LogP contribution in [0.25, 0.3) is 0 Å². The van der Waals surface area contributed by atoms with Crippen molar-refractivity contribution in [3.8, 4) is 11.8 Å². The summed E-state index contributed by atoms with van der Waals surface area (Å²) in [5, 5.41) is 0. The molecule has 1 aliphatic rings. The smallest absolute Gasteiger partial charge is 0.376 e. The highest BCUT2D eigenvalue weighted by atomic mass is 19.3. The van der Waals surface area contributed by atoms with Crippen LogP contribution in [0.1, 0.15) is 13.8 Å². The number of alkyl halides is 2. The first-order valence-electron chi connectivity index (χ1n) is 4.45. The Labute approximate surface area is 86.7 Å². The van der Waals surface area contributed by atoms with Crippen molar-refractivity contribution in [2.75, 3.05) is 13.2 Å². The molecule has 0 saturated carbocycles. The molecule has 1 rings (SSSR count). The third-order valence-corrected chi connectivity index (χ3v) is 1.25. The van der Waals surface area contributed by atoms with Crippen LogP contribution in [-0.2, 0) is 14.3 Å². The Kier molecular flexibility index (Phi) is 5.82. The summed E-state index contributed by atoms with van der Waals surface area (Å²) in [6.07, 6.45) is -4.29. The molecule has 0 atom stereocenters. The van der Waals surface area contributed by atoms with Crippen LogP contribution in [0.3, 0.4) is 0 Å². The first-order valence-corrected chi connectivity index (χ1v) is 4.45. The predicted octanol–water partition coefficient (Wildman–Crippen LogP) is 0.509. The Hall–Kier alpha value is -1.19. The molecular weight excluding hydrogens is 208 g/mol. The van der Waals surface area contributed by atoms with Crippen LogP contribution in [0.2, 0.25) is 0 Å². The lowest BCUT2D eigenvalue weighted by Crippen LogP contribution is -2.41. The normalized spacial score (nSPS) is 15.2. The second kappa shape index (κ2) is 6.32. The van der Waals surface area contributed by atoms with Crippen molar-refractivity contribution in [2.24, 2.45) is 5.73 Å². The summed E-state index contributed by atoms with van der Waals surface area (Å²) >= 11 is 0. The first kappa shape index (κ1) is 13.8. The molecule has 86 valence electrons. The van der Waals surface area contributed by atoms with E-state index in [9.17, 15) is 13.6 Å². The fourth-order valence-electron chi connectivity index (χ4n) is 0.655. The van der Waals surface area contributed by atoms with Gasteiger partial charge in [-0.2, -0.15) is 8.78 Å². The average molecular weight is 221 g/mol. The van der Waals surface area contributed by atoms with E-state index in [-0.39, 0.29) is 13.2 Å². The molecule has 0 unspecified atom stereocenters. The van der Waals surface area contributed by atoms with Gasteiger partial charge in [0.2, 0.25) is 0 Å². The number of hydrogen-bond acceptors (Lipinski definition) is 3. The predicted molar refractivity (Wildman–Crippen MR) is 49.0 cm³/mol. The summed E-state index contributed by atoms with van der Waals surface area (Å²) in [5.41, 5.74) is 4.55. The van der Waals surface area contributed by atoms with Crippen molar-refractivity contribution >= 4 is 5.91 Å². The van der Waals surface area contributed by atoms with Crippen LogP contribution < -0.4 is 5.73 Å². The van der Waals surface area contributed by atoms with E-state index in [1.54, 1.807) is 0 Å². The van der Waals surface area contributed by atoms with E-state index in [4.69, 9.17) is 0 Å². The van der Waals surface area contributed by atoms with Crippen molar-refractivity contribution in [3.63, 3.8) is 0 Å². The molecule has 4 nitrogen and oxygen atoms in total. The molecule has 0 radical (unpaired) electrons. The summed E-state index contributed by atoms with van der Waals surface area (Å²) in [6, 6.07) is 0. The van der Waals surface area contributed by atoms with Gasteiger partial charge in [-0.25, -0.2) is 0 Å². The van der Waals surface area contributed by atoms with Gasteiger partial charge in [-0.1, -0.05) is 13.8 Å².